The number of anilines is 2. The topological polar surface area (TPSA) is 111 Å². The van der Waals surface area contributed by atoms with Gasteiger partial charge in [0.05, 0.1) is 12.1 Å². The predicted octanol–water partition coefficient (Wildman–Crippen LogP) is 3.90. The van der Waals surface area contributed by atoms with Gasteiger partial charge in [0.1, 0.15) is 12.0 Å². The number of phenolic OH excluding ortho intramolecular Hbond substituents is 1. The number of aromatic hydroxyl groups is 1. The molecule has 2 amide bonds. The van der Waals surface area contributed by atoms with E-state index >= 15 is 0 Å². The van der Waals surface area contributed by atoms with Crippen molar-refractivity contribution in [2.24, 2.45) is 0 Å². The van der Waals surface area contributed by atoms with Gasteiger partial charge in [-0.05, 0) is 85.3 Å². The highest BCUT2D eigenvalue weighted by Gasteiger charge is 2.11. The Morgan fingerprint density at radius 2 is 1.61 bits per heavy atom. The van der Waals surface area contributed by atoms with E-state index in [1.807, 2.05) is 30.3 Å². The fourth-order valence-corrected chi connectivity index (χ4v) is 4.68. The molecular weight excluding hydrogens is 516 g/mol. The van der Waals surface area contributed by atoms with Crippen molar-refractivity contribution < 1.29 is 19.5 Å². The molecule has 41 heavy (non-hydrogen) atoms. The smallest absolute Gasteiger partial charge is 0.224 e. The summed E-state index contributed by atoms with van der Waals surface area (Å²) >= 11 is 0. The second-order valence-corrected chi connectivity index (χ2v) is 10.1. The summed E-state index contributed by atoms with van der Waals surface area (Å²) < 4.78 is 0. The molecule has 0 heterocycles. The van der Waals surface area contributed by atoms with Crippen LogP contribution in [0.5, 0.6) is 5.75 Å². The Bertz CT molecular complexity index is 1320. The van der Waals surface area contributed by atoms with Crippen LogP contribution < -0.4 is 20.9 Å². The van der Waals surface area contributed by atoms with Crippen LogP contribution in [0.25, 0.3) is 6.08 Å². The molecule has 0 aliphatic heterocycles. The number of phenols is 1. The average molecular weight is 557 g/mol. The Morgan fingerprint density at radius 1 is 0.927 bits per heavy atom. The number of rotatable bonds is 16. The first-order valence-corrected chi connectivity index (χ1v) is 13.8. The van der Waals surface area contributed by atoms with Gasteiger partial charge in [0.15, 0.2) is 0 Å². The number of allylic oxidation sites excluding steroid dienone is 1. The number of benzene rings is 3. The molecule has 3 rings (SSSR count). The standard InChI is InChI=1S/C33H40N4O4/c1-24(35-19-17-28-12-15-31(40)33(34-2)30(28)5-4-20-38)21-26-8-6-25(7-9-26)16-18-36-32(41)22-27-10-13-29(14-11-27)37(3)23-39/h4-15,20,23-24,34-35,40H,16-19,21-22H2,1-3H3,(H,36,41)/b5-4-. The van der Waals surface area contributed by atoms with Crippen LogP contribution >= 0.6 is 0 Å². The number of hydrogen-bond donors (Lipinski definition) is 4. The summed E-state index contributed by atoms with van der Waals surface area (Å²) in [6.45, 7) is 3.48. The van der Waals surface area contributed by atoms with E-state index in [-0.39, 0.29) is 17.7 Å². The fraction of sp³-hybridized carbons (Fsp3) is 0.303. The summed E-state index contributed by atoms with van der Waals surface area (Å²) in [7, 11) is 3.44. The number of nitrogens with zero attached hydrogens (tertiary/aromatic N) is 1. The van der Waals surface area contributed by atoms with Crippen LogP contribution in [0.2, 0.25) is 0 Å². The van der Waals surface area contributed by atoms with E-state index in [0.717, 1.165) is 60.9 Å². The van der Waals surface area contributed by atoms with E-state index in [1.165, 1.54) is 22.1 Å². The number of hydrogen-bond acceptors (Lipinski definition) is 6. The van der Waals surface area contributed by atoms with Gasteiger partial charge in [-0.1, -0.05) is 42.5 Å². The molecular formula is C33H40N4O4. The van der Waals surface area contributed by atoms with E-state index in [4.69, 9.17) is 0 Å². The van der Waals surface area contributed by atoms with Crippen LogP contribution in [0, 0.1) is 0 Å². The highest BCUT2D eigenvalue weighted by Crippen LogP contribution is 2.31. The van der Waals surface area contributed by atoms with Crippen molar-refractivity contribution in [2.75, 3.05) is 37.4 Å². The zero-order valence-electron chi connectivity index (χ0n) is 24.0. The second-order valence-electron chi connectivity index (χ2n) is 10.1. The molecule has 3 aromatic carbocycles. The largest absolute Gasteiger partial charge is 0.506 e. The lowest BCUT2D eigenvalue weighted by atomic mass is 10.0. The van der Waals surface area contributed by atoms with E-state index < -0.39 is 0 Å². The Hall–Kier alpha value is -4.43. The number of carbonyl (C=O) groups excluding carboxylic acids is 3. The van der Waals surface area contributed by atoms with Gasteiger partial charge in [0, 0.05) is 37.9 Å². The third-order valence-corrected chi connectivity index (χ3v) is 6.96. The molecule has 1 unspecified atom stereocenters. The van der Waals surface area contributed by atoms with Crippen molar-refractivity contribution in [3.05, 3.63) is 94.6 Å². The molecule has 0 spiro atoms. The summed E-state index contributed by atoms with van der Waals surface area (Å²) in [5.74, 6) is 0.125. The molecule has 3 aromatic rings. The van der Waals surface area contributed by atoms with Crippen molar-refractivity contribution in [1.29, 1.82) is 0 Å². The van der Waals surface area contributed by atoms with E-state index in [9.17, 15) is 19.5 Å². The lowest BCUT2D eigenvalue weighted by Crippen LogP contribution is -2.30. The van der Waals surface area contributed by atoms with Crippen LogP contribution in [0.4, 0.5) is 11.4 Å². The molecule has 0 aromatic heterocycles. The number of aldehydes is 1. The number of nitrogens with one attached hydrogen (secondary N) is 3. The molecule has 0 saturated heterocycles. The van der Waals surface area contributed by atoms with Crippen molar-refractivity contribution in [1.82, 2.24) is 10.6 Å². The molecule has 4 N–H and O–H groups in total. The van der Waals surface area contributed by atoms with Crippen molar-refractivity contribution in [2.45, 2.75) is 38.6 Å². The molecule has 0 bridgehead atoms. The molecule has 0 saturated carbocycles. The highest BCUT2D eigenvalue weighted by molar-refractivity contribution is 5.82. The highest BCUT2D eigenvalue weighted by atomic mass is 16.3. The van der Waals surface area contributed by atoms with Crippen LogP contribution in [0.3, 0.4) is 0 Å². The van der Waals surface area contributed by atoms with Crippen LogP contribution in [0.1, 0.15) is 34.7 Å². The Labute approximate surface area is 242 Å². The molecule has 8 heteroatoms. The maximum Gasteiger partial charge on any atom is 0.224 e. The average Bonchev–Trinajstić information content (AvgIpc) is 2.97. The zero-order chi connectivity index (χ0) is 29.6. The Morgan fingerprint density at radius 3 is 2.27 bits per heavy atom. The molecule has 0 radical (unpaired) electrons. The lowest BCUT2D eigenvalue weighted by Gasteiger charge is -2.17. The molecule has 216 valence electrons. The van der Waals surface area contributed by atoms with Crippen molar-refractivity contribution in [3.8, 4) is 5.75 Å². The van der Waals surface area contributed by atoms with E-state index in [0.29, 0.717) is 18.7 Å². The molecule has 1 atom stereocenters. The first-order valence-electron chi connectivity index (χ1n) is 13.8. The first-order chi connectivity index (χ1) is 19.8. The van der Waals surface area contributed by atoms with Gasteiger partial charge in [-0.15, -0.1) is 0 Å². The van der Waals surface area contributed by atoms with Crippen LogP contribution in [0.15, 0.2) is 66.7 Å². The summed E-state index contributed by atoms with van der Waals surface area (Å²) in [4.78, 5) is 35.5. The fourth-order valence-electron chi connectivity index (χ4n) is 4.68. The zero-order valence-corrected chi connectivity index (χ0v) is 24.0. The minimum atomic E-state index is -0.0284. The summed E-state index contributed by atoms with van der Waals surface area (Å²) in [5, 5.41) is 19.7. The van der Waals surface area contributed by atoms with E-state index in [1.54, 1.807) is 26.2 Å². The summed E-state index contributed by atoms with van der Waals surface area (Å²) in [6, 6.07) is 19.7. The molecule has 0 aliphatic rings. The van der Waals surface area contributed by atoms with Gasteiger partial charge >= 0.3 is 0 Å². The van der Waals surface area contributed by atoms with Crippen LogP contribution in [-0.4, -0.2) is 56.9 Å². The van der Waals surface area contributed by atoms with Crippen molar-refractivity contribution >= 4 is 36.1 Å². The third-order valence-electron chi connectivity index (χ3n) is 6.96. The number of carbonyl (C=O) groups is 3. The van der Waals surface area contributed by atoms with Gasteiger partial charge in [0.2, 0.25) is 12.3 Å². The molecule has 0 fully saturated rings. The number of amides is 2. The quantitative estimate of drug-likeness (QED) is 0.121. The maximum atomic E-state index is 12.3. The monoisotopic (exact) mass is 556 g/mol. The second kappa shape index (κ2) is 16.0. The SMILES string of the molecule is CNc1c(O)ccc(CCNC(C)Cc2ccc(CCNC(=O)Cc3ccc(N(C)C=O)cc3)cc2)c1/C=C\C=O. The Balaban J connectivity index is 1.41. The molecule has 0 aliphatic carbocycles. The minimum Gasteiger partial charge on any atom is -0.506 e. The van der Waals surface area contributed by atoms with Gasteiger partial charge in [-0.2, -0.15) is 0 Å². The Kier molecular flexibility index (Phi) is 12.1. The first kappa shape index (κ1) is 31.1. The normalized spacial score (nSPS) is 11.7. The summed E-state index contributed by atoms with van der Waals surface area (Å²) in [5.41, 5.74) is 6.56. The minimum absolute atomic E-state index is 0.0284. The maximum absolute atomic E-state index is 12.3. The van der Waals surface area contributed by atoms with Gasteiger partial charge < -0.3 is 26.0 Å². The summed E-state index contributed by atoms with van der Waals surface area (Å²) in [6.07, 6.45) is 7.33. The van der Waals surface area contributed by atoms with Gasteiger partial charge in [-0.25, -0.2) is 0 Å². The van der Waals surface area contributed by atoms with Crippen molar-refractivity contribution in [3.63, 3.8) is 0 Å². The third kappa shape index (κ3) is 9.61. The lowest BCUT2D eigenvalue weighted by molar-refractivity contribution is -0.120. The van der Waals surface area contributed by atoms with E-state index in [2.05, 4.69) is 47.1 Å². The van der Waals surface area contributed by atoms with Gasteiger partial charge in [0.25, 0.3) is 0 Å². The van der Waals surface area contributed by atoms with Gasteiger partial charge in [-0.3, -0.25) is 14.4 Å². The van der Waals surface area contributed by atoms with Crippen LogP contribution in [-0.2, 0) is 40.1 Å². The predicted molar refractivity (Wildman–Crippen MR) is 165 cm³/mol. The molecule has 8 nitrogen and oxygen atoms in total.